The van der Waals surface area contributed by atoms with E-state index in [4.69, 9.17) is 5.11 Å². The van der Waals surface area contributed by atoms with Gasteiger partial charge < -0.3 is 20.2 Å². The summed E-state index contributed by atoms with van der Waals surface area (Å²) in [5.41, 5.74) is 0.455. The third kappa shape index (κ3) is 3.84. The van der Waals surface area contributed by atoms with Gasteiger partial charge in [-0.25, -0.2) is 9.59 Å². The Bertz CT molecular complexity index is 659. The lowest BCUT2D eigenvalue weighted by Gasteiger charge is -2.27. The van der Waals surface area contributed by atoms with Crippen molar-refractivity contribution in [2.24, 2.45) is 0 Å². The number of benzene rings is 1. The van der Waals surface area contributed by atoms with Crippen LogP contribution in [0.1, 0.15) is 17.4 Å². The molecular formula is C15H15NO6S. The molecule has 3 N–H and O–H groups in total. The molecule has 8 heteroatoms. The molecule has 1 amide bonds. The number of hydrogen-bond acceptors (Lipinski definition) is 5. The van der Waals surface area contributed by atoms with Crippen LogP contribution in [0.25, 0.3) is 0 Å². The third-order valence-corrected chi connectivity index (χ3v) is 4.63. The molecule has 0 aromatic heterocycles. The topological polar surface area (TPSA) is 115 Å². The van der Waals surface area contributed by atoms with Crippen LogP contribution in [0, 0.1) is 0 Å². The molecule has 23 heavy (non-hydrogen) atoms. The molecule has 1 aromatic carbocycles. The Hall–Kier alpha value is -2.48. The summed E-state index contributed by atoms with van der Waals surface area (Å²) in [6, 6.07) is 5.41. The van der Waals surface area contributed by atoms with Crippen LogP contribution in [0.3, 0.4) is 0 Å². The van der Waals surface area contributed by atoms with Crippen molar-refractivity contribution < 1.29 is 29.7 Å². The summed E-state index contributed by atoms with van der Waals surface area (Å²) in [4.78, 5) is 35.4. The first-order chi connectivity index (χ1) is 10.9. The quantitative estimate of drug-likeness (QED) is 0.697. The maximum atomic E-state index is 12.4. The number of rotatable bonds is 5. The molecule has 1 saturated heterocycles. The fourth-order valence-corrected chi connectivity index (χ4v) is 3.77. The summed E-state index contributed by atoms with van der Waals surface area (Å²) in [5, 5.41) is 27.2. The zero-order chi connectivity index (χ0) is 17.0. The molecule has 1 aromatic rings. The summed E-state index contributed by atoms with van der Waals surface area (Å²) in [7, 11) is 0. The third-order valence-electron chi connectivity index (χ3n) is 3.33. The second kappa shape index (κ2) is 7.19. The minimum Gasteiger partial charge on any atom is -0.508 e. The highest BCUT2D eigenvalue weighted by molar-refractivity contribution is 7.99. The predicted octanol–water partition coefficient (Wildman–Crippen LogP) is 1.45. The van der Waals surface area contributed by atoms with Crippen LogP contribution in [0.2, 0.25) is 0 Å². The molecule has 2 rings (SSSR count). The number of nitrogens with zero attached hydrogens (tertiary/aromatic N) is 1. The standard InChI is InChI=1S/C15H15NO6S/c17-11-5-2-1-4-9(11)14-16(10(8-23-14)15(21)22)12(18)6-3-7-13(19)20/h1-5,7,10,14,17H,6,8H2,(H,19,20)(H,21,22)/t10-,14?/m0/s1. The molecule has 0 aliphatic carbocycles. The van der Waals surface area contributed by atoms with Gasteiger partial charge in [0.05, 0.1) is 0 Å². The van der Waals surface area contributed by atoms with Gasteiger partial charge in [0.1, 0.15) is 17.2 Å². The van der Waals surface area contributed by atoms with Gasteiger partial charge in [0, 0.05) is 23.8 Å². The number of aromatic hydroxyl groups is 1. The molecule has 2 atom stereocenters. The predicted molar refractivity (Wildman–Crippen MR) is 83.0 cm³/mol. The van der Waals surface area contributed by atoms with Crippen molar-refractivity contribution >= 4 is 29.6 Å². The summed E-state index contributed by atoms with van der Waals surface area (Å²) >= 11 is 1.25. The zero-order valence-electron chi connectivity index (χ0n) is 12.0. The Morgan fingerprint density at radius 1 is 1.26 bits per heavy atom. The second-order valence-corrected chi connectivity index (χ2v) is 5.96. The van der Waals surface area contributed by atoms with Crippen molar-refractivity contribution in [2.75, 3.05) is 5.75 Å². The molecule has 0 radical (unpaired) electrons. The Kier molecular flexibility index (Phi) is 5.28. The van der Waals surface area contributed by atoms with Gasteiger partial charge in [-0.2, -0.15) is 0 Å². The van der Waals surface area contributed by atoms with Gasteiger partial charge in [-0.15, -0.1) is 11.8 Å². The number of hydrogen-bond donors (Lipinski definition) is 3. The lowest BCUT2D eigenvalue weighted by atomic mass is 10.1. The van der Waals surface area contributed by atoms with Crippen molar-refractivity contribution in [2.45, 2.75) is 17.8 Å². The molecule has 0 saturated carbocycles. The Morgan fingerprint density at radius 2 is 1.96 bits per heavy atom. The Balaban J connectivity index is 2.28. The number of phenols is 1. The van der Waals surface area contributed by atoms with E-state index in [-0.39, 0.29) is 17.9 Å². The molecule has 122 valence electrons. The van der Waals surface area contributed by atoms with Crippen LogP contribution in [0.4, 0.5) is 0 Å². The van der Waals surface area contributed by atoms with Gasteiger partial charge in [0.15, 0.2) is 0 Å². The fraction of sp³-hybridized carbons (Fsp3) is 0.267. The van der Waals surface area contributed by atoms with E-state index in [1.165, 1.54) is 28.8 Å². The highest BCUT2D eigenvalue weighted by atomic mass is 32.2. The molecule has 1 aliphatic rings. The number of carboxylic acid groups (broad SMARTS) is 2. The monoisotopic (exact) mass is 337 g/mol. The fourth-order valence-electron chi connectivity index (χ4n) is 2.30. The normalized spacial score (nSPS) is 20.8. The van der Waals surface area contributed by atoms with E-state index < -0.39 is 29.3 Å². The second-order valence-electron chi connectivity index (χ2n) is 4.84. The van der Waals surface area contributed by atoms with E-state index in [0.29, 0.717) is 5.56 Å². The molecule has 1 unspecified atom stereocenters. The molecule has 1 fully saturated rings. The number of aliphatic carboxylic acids is 2. The van der Waals surface area contributed by atoms with E-state index in [1.807, 2.05) is 0 Å². The number of thioether (sulfide) groups is 1. The maximum absolute atomic E-state index is 12.4. The number of carboxylic acids is 2. The largest absolute Gasteiger partial charge is 0.508 e. The number of carbonyl (C=O) groups is 3. The first-order valence-corrected chi connectivity index (χ1v) is 7.79. The van der Waals surface area contributed by atoms with E-state index in [9.17, 15) is 24.6 Å². The van der Waals surface area contributed by atoms with Crippen LogP contribution in [0.5, 0.6) is 5.75 Å². The maximum Gasteiger partial charge on any atom is 0.327 e. The highest BCUT2D eigenvalue weighted by Crippen LogP contribution is 2.44. The molecule has 7 nitrogen and oxygen atoms in total. The van der Waals surface area contributed by atoms with Crippen LogP contribution >= 0.6 is 11.8 Å². The molecular weight excluding hydrogens is 322 g/mol. The van der Waals surface area contributed by atoms with E-state index in [2.05, 4.69) is 0 Å². The number of amides is 1. The average molecular weight is 337 g/mol. The summed E-state index contributed by atoms with van der Waals surface area (Å²) in [6.45, 7) is 0. The number of para-hydroxylation sites is 1. The van der Waals surface area contributed by atoms with Crippen LogP contribution in [-0.4, -0.2) is 49.9 Å². The van der Waals surface area contributed by atoms with E-state index in [0.717, 1.165) is 6.08 Å². The summed E-state index contributed by atoms with van der Waals surface area (Å²) in [6.07, 6.45) is 1.79. The first kappa shape index (κ1) is 16.9. The molecule has 0 bridgehead atoms. The van der Waals surface area contributed by atoms with Crippen molar-refractivity contribution in [1.82, 2.24) is 4.90 Å². The van der Waals surface area contributed by atoms with Gasteiger partial charge in [0.25, 0.3) is 0 Å². The zero-order valence-corrected chi connectivity index (χ0v) is 12.8. The lowest BCUT2D eigenvalue weighted by molar-refractivity contribution is -0.148. The summed E-state index contributed by atoms with van der Waals surface area (Å²) in [5.74, 6) is -2.64. The average Bonchev–Trinajstić information content (AvgIpc) is 2.92. The van der Waals surface area contributed by atoms with Gasteiger partial charge in [-0.3, -0.25) is 4.79 Å². The van der Waals surface area contributed by atoms with Gasteiger partial charge in [0.2, 0.25) is 5.91 Å². The Morgan fingerprint density at radius 3 is 2.57 bits per heavy atom. The van der Waals surface area contributed by atoms with Crippen LogP contribution in [-0.2, 0) is 14.4 Å². The molecule has 1 aliphatic heterocycles. The minimum atomic E-state index is -1.18. The van der Waals surface area contributed by atoms with Crippen molar-refractivity contribution in [3.63, 3.8) is 0 Å². The van der Waals surface area contributed by atoms with E-state index >= 15 is 0 Å². The molecule has 1 heterocycles. The molecule has 0 spiro atoms. The van der Waals surface area contributed by atoms with Gasteiger partial charge in [-0.05, 0) is 6.07 Å². The lowest BCUT2D eigenvalue weighted by Crippen LogP contribution is -2.42. The smallest absolute Gasteiger partial charge is 0.327 e. The van der Waals surface area contributed by atoms with Gasteiger partial charge in [-0.1, -0.05) is 24.3 Å². The van der Waals surface area contributed by atoms with Crippen LogP contribution < -0.4 is 0 Å². The van der Waals surface area contributed by atoms with Crippen molar-refractivity contribution in [3.8, 4) is 5.75 Å². The van der Waals surface area contributed by atoms with Crippen molar-refractivity contribution in [3.05, 3.63) is 42.0 Å². The SMILES string of the molecule is O=C(O)C=CCC(=O)N1C(c2ccccc2O)SC[C@H]1C(=O)O. The highest BCUT2D eigenvalue weighted by Gasteiger charge is 2.42. The summed E-state index contributed by atoms with van der Waals surface area (Å²) < 4.78 is 0. The van der Waals surface area contributed by atoms with Gasteiger partial charge >= 0.3 is 11.9 Å². The number of carbonyl (C=O) groups excluding carboxylic acids is 1. The first-order valence-electron chi connectivity index (χ1n) is 6.74. The van der Waals surface area contributed by atoms with E-state index in [1.54, 1.807) is 18.2 Å². The Labute approximate surface area is 136 Å². The van der Waals surface area contributed by atoms with Crippen LogP contribution in [0.15, 0.2) is 36.4 Å². The minimum absolute atomic E-state index is 0.0186. The van der Waals surface area contributed by atoms with Crippen molar-refractivity contribution in [1.29, 1.82) is 0 Å². The number of phenolic OH excluding ortho intramolecular Hbond substituents is 1.